The monoisotopic (exact) mass is 284 g/mol. The molecule has 1 N–H and O–H groups in total. The number of carbonyl (C=O) groups is 1. The first-order valence-electron chi connectivity index (χ1n) is 6.76. The third kappa shape index (κ3) is 4.49. The molecule has 106 valence electrons. The molecule has 0 spiro atoms. The fourth-order valence-corrected chi connectivity index (χ4v) is 3.11. The van der Waals surface area contributed by atoms with Crippen LogP contribution in [-0.2, 0) is 11.3 Å². The second-order valence-corrected chi connectivity index (χ2v) is 6.22. The highest BCUT2D eigenvalue weighted by Crippen LogP contribution is 2.30. The fourth-order valence-electron chi connectivity index (χ4n) is 2.49. The number of tetrazole rings is 1. The van der Waals surface area contributed by atoms with Crippen LogP contribution in [0.4, 0.5) is 0 Å². The summed E-state index contributed by atoms with van der Waals surface area (Å²) >= 11 is 1.18. The zero-order chi connectivity index (χ0) is 13.7. The van der Waals surface area contributed by atoms with Crippen molar-refractivity contribution in [2.24, 2.45) is 11.8 Å². The van der Waals surface area contributed by atoms with Crippen LogP contribution in [0.15, 0.2) is 5.16 Å². The number of rotatable bonds is 6. The summed E-state index contributed by atoms with van der Waals surface area (Å²) in [7, 11) is 0. The largest absolute Gasteiger partial charge is 0.481 e. The lowest BCUT2D eigenvalue weighted by molar-refractivity contribution is -0.133. The molecular formula is C12H20N4O2S. The zero-order valence-corrected chi connectivity index (χ0v) is 12.0. The Hall–Kier alpha value is -1.11. The van der Waals surface area contributed by atoms with E-state index >= 15 is 0 Å². The molecule has 2 rings (SSSR count). The van der Waals surface area contributed by atoms with Crippen molar-refractivity contribution >= 4 is 17.7 Å². The minimum atomic E-state index is -0.846. The SMILES string of the molecule is CC1CCC(CCn2nnnc2SCC(=O)O)CC1. The number of aryl methyl sites for hydroxylation is 1. The van der Waals surface area contributed by atoms with Crippen molar-refractivity contribution in [2.75, 3.05) is 5.75 Å². The van der Waals surface area contributed by atoms with E-state index in [1.54, 1.807) is 4.68 Å². The van der Waals surface area contributed by atoms with Crippen LogP contribution in [0.5, 0.6) is 0 Å². The van der Waals surface area contributed by atoms with Gasteiger partial charge in [-0.1, -0.05) is 44.4 Å². The van der Waals surface area contributed by atoms with E-state index in [0.29, 0.717) is 5.16 Å². The van der Waals surface area contributed by atoms with Crippen molar-refractivity contribution in [3.8, 4) is 0 Å². The summed E-state index contributed by atoms with van der Waals surface area (Å²) in [6.07, 6.45) is 6.31. The molecule has 1 aromatic rings. The Morgan fingerprint density at radius 1 is 1.42 bits per heavy atom. The number of thioether (sulfide) groups is 1. The zero-order valence-electron chi connectivity index (χ0n) is 11.2. The Morgan fingerprint density at radius 3 is 2.84 bits per heavy atom. The van der Waals surface area contributed by atoms with Gasteiger partial charge < -0.3 is 5.11 Å². The Balaban J connectivity index is 1.79. The maximum Gasteiger partial charge on any atom is 0.313 e. The van der Waals surface area contributed by atoms with Crippen LogP contribution in [0.25, 0.3) is 0 Å². The van der Waals surface area contributed by atoms with Gasteiger partial charge in [-0.3, -0.25) is 4.79 Å². The number of aromatic nitrogens is 4. The van der Waals surface area contributed by atoms with Gasteiger partial charge in [0, 0.05) is 6.54 Å². The lowest BCUT2D eigenvalue weighted by atomic mass is 9.81. The van der Waals surface area contributed by atoms with Gasteiger partial charge in [0.05, 0.1) is 5.75 Å². The van der Waals surface area contributed by atoms with Crippen LogP contribution in [0.3, 0.4) is 0 Å². The van der Waals surface area contributed by atoms with Crippen molar-refractivity contribution < 1.29 is 9.90 Å². The van der Waals surface area contributed by atoms with E-state index in [0.717, 1.165) is 24.8 Å². The fraction of sp³-hybridized carbons (Fsp3) is 0.833. The predicted octanol–water partition coefficient (Wildman–Crippen LogP) is 2.07. The quantitative estimate of drug-likeness (QED) is 0.805. The maximum absolute atomic E-state index is 10.5. The second kappa shape index (κ2) is 6.88. The lowest BCUT2D eigenvalue weighted by Gasteiger charge is -2.25. The van der Waals surface area contributed by atoms with Crippen LogP contribution in [-0.4, -0.2) is 37.0 Å². The molecule has 0 atom stereocenters. The Bertz CT molecular complexity index is 416. The standard InChI is InChI=1S/C12H20N4O2S/c1-9-2-4-10(5-3-9)6-7-16-12(13-14-15-16)19-8-11(17)18/h9-10H,2-8H2,1H3,(H,17,18). The minimum Gasteiger partial charge on any atom is -0.481 e. The molecule has 1 aliphatic carbocycles. The molecule has 0 unspecified atom stereocenters. The first-order chi connectivity index (χ1) is 9.15. The minimum absolute atomic E-state index is 0.00131. The molecule has 0 radical (unpaired) electrons. The first kappa shape index (κ1) is 14.3. The predicted molar refractivity (Wildman–Crippen MR) is 71.9 cm³/mol. The third-order valence-electron chi connectivity index (χ3n) is 3.71. The number of carboxylic acid groups (broad SMARTS) is 1. The van der Waals surface area contributed by atoms with Gasteiger partial charge in [0.2, 0.25) is 5.16 Å². The van der Waals surface area contributed by atoms with Crippen LogP contribution in [0, 0.1) is 11.8 Å². The van der Waals surface area contributed by atoms with Gasteiger partial charge in [-0.05, 0) is 28.7 Å². The maximum atomic E-state index is 10.5. The highest BCUT2D eigenvalue weighted by atomic mass is 32.2. The Kier molecular flexibility index (Phi) is 5.18. The summed E-state index contributed by atoms with van der Waals surface area (Å²) in [5.41, 5.74) is 0. The van der Waals surface area contributed by atoms with Gasteiger partial charge in [-0.2, -0.15) is 0 Å². The van der Waals surface area contributed by atoms with Gasteiger partial charge in [0.1, 0.15) is 0 Å². The van der Waals surface area contributed by atoms with E-state index in [9.17, 15) is 4.79 Å². The molecule has 0 saturated heterocycles. The smallest absolute Gasteiger partial charge is 0.313 e. The lowest BCUT2D eigenvalue weighted by Crippen LogP contribution is -2.15. The molecular weight excluding hydrogens is 264 g/mol. The van der Waals surface area contributed by atoms with Gasteiger partial charge in [0.15, 0.2) is 0 Å². The summed E-state index contributed by atoms with van der Waals surface area (Å²) in [4.78, 5) is 10.5. The highest BCUT2D eigenvalue weighted by Gasteiger charge is 2.19. The van der Waals surface area contributed by atoms with Crippen molar-refractivity contribution in [1.82, 2.24) is 20.2 Å². The van der Waals surface area contributed by atoms with Gasteiger partial charge in [-0.15, -0.1) is 5.10 Å². The van der Waals surface area contributed by atoms with E-state index in [-0.39, 0.29) is 5.75 Å². The normalized spacial score (nSPS) is 23.4. The number of carboxylic acids is 1. The Morgan fingerprint density at radius 2 is 2.16 bits per heavy atom. The molecule has 6 nitrogen and oxygen atoms in total. The first-order valence-corrected chi connectivity index (χ1v) is 7.74. The van der Waals surface area contributed by atoms with Crippen LogP contribution < -0.4 is 0 Å². The van der Waals surface area contributed by atoms with Gasteiger partial charge >= 0.3 is 5.97 Å². The van der Waals surface area contributed by atoms with Crippen LogP contribution in [0.1, 0.15) is 39.0 Å². The van der Waals surface area contributed by atoms with E-state index in [2.05, 4.69) is 22.4 Å². The average molecular weight is 284 g/mol. The molecule has 7 heteroatoms. The summed E-state index contributed by atoms with van der Waals surface area (Å²) in [6, 6.07) is 0. The van der Waals surface area contributed by atoms with Crippen molar-refractivity contribution in [3.05, 3.63) is 0 Å². The molecule has 1 heterocycles. The van der Waals surface area contributed by atoms with E-state index < -0.39 is 5.97 Å². The molecule has 19 heavy (non-hydrogen) atoms. The molecule has 1 aromatic heterocycles. The van der Waals surface area contributed by atoms with E-state index in [4.69, 9.17) is 5.11 Å². The van der Waals surface area contributed by atoms with Crippen molar-refractivity contribution in [2.45, 2.75) is 50.7 Å². The van der Waals surface area contributed by atoms with Crippen molar-refractivity contribution in [3.63, 3.8) is 0 Å². The summed E-state index contributed by atoms with van der Waals surface area (Å²) in [6.45, 7) is 3.10. The average Bonchev–Trinajstić information content (AvgIpc) is 2.83. The molecule has 0 aliphatic heterocycles. The molecule has 1 aliphatic rings. The van der Waals surface area contributed by atoms with Gasteiger partial charge in [-0.25, -0.2) is 4.68 Å². The molecule has 1 fully saturated rings. The van der Waals surface area contributed by atoms with Gasteiger partial charge in [0.25, 0.3) is 0 Å². The van der Waals surface area contributed by atoms with E-state index in [1.165, 1.54) is 37.4 Å². The topological polar surface area (TPSA) is 80.9 Å². The summed E-state index contributed by atoms with van der Waals surface area (Å²) in [5, 5.41) is 20.7. The molecule has 1 saturated carbocycles. The molecule has 0 aromatic carbocycles. The van der Waals surface area contributed by atoms with Crippen LogP contribution in [0.2, 0.25) is 0 Å². The summed E-state index contributed by atoms with van der Waals surface area (Å²) < 4.78 is 1.73. The molecule has 0 bridgehead atoms. The van der Waals surface area contributed by atoms with E-state index in [1.807, 2.05) is 0 Å². The number of hydrogen-bond acceptors (Lipinski definition) is 5. The highest BCUT2D eigenvalue weighted by molar-refractivity contribution is 7.99. The number of hydrogen-bond donors (Lipinski definition) is 1. The molecule has 0 amide bonds. The van der Waals surface area contributed by atoms with Crippen LogP contribution >= 0.6 is 11.8 Å². The Labute approximate surface area is 117 Å². The number of nitrogens with zero attached hydrogens (tertiary/aromatic N) is 4. The second-order valence-electron chi connectivity index (χ2n) is 5.28. The third-order valence-corrected chi connectivity index (χ3v) is 4.65. The summed E-state index contributed by atoms with van der Waals surface area (Å²) in [5.74, 6) is 0.783. The van der Waals surface area contributed by atoms with Crippen molar-refractivity contribution in [1.29, 1.82) is 0 Å². The number of aliphatic carboxylic acids is 1.